The van der Waals surface area contributed by atoms with Gasteiger partial charge in [0, 0.05) is 54.1 Å². The van der Waals surface area contributed by atoms with Crippen LogP contribution in [0.25, 0.3) is 11.3 Å². The van der Waals surface area contributed by atoms with Crippen molar-refractivity contribution in [1.29, 1.82) is 0 Å². The van der Waals surface area contributed by atoms with Gasteiger partial charge in [-0.1, -0.05) is 12.5 Å². The Labute approximate surface area is 187 Å². The molecule has 7 heteroatoms. The third kappa shape index (κ3) is 3.18. The molecular weight excluding hydrogens is 404 g/mol. The maximum absolute atomic E-state index is 12.9. The fourth-order valence-corrected chi connectivity index (χ4v) is 5.50. The highest BCUT2D eigenvalue weighted by Gasteiger charge is 2.47. The van der Waals surface area contributed by atoms with E-state index in [9.17, 15) is 4.79 Å². The van der Waals surface area contributed by atoms with Gasteiger partial charge < -0.3 is 14.5 Å². The Hall–Kier alpha value is -2.93. The Balaban J connectivity index is 1.33. The van der Waals surface area contributed by atoms with Crippen LogP contribution in [0, 0.1) is 6.92 Å². The van der Waals surface area contributed by atoms with Crippen molar-refractivity contribution in [2.24, 2.45) is 0 Å². The Bertz CT molecular complexity index is 1150. The molecule has 0 unspecified atom stereocenters. The van der Waals surface area contributed by atoms with E-state index in [0.717, 1.165) is 67.0 Å². The monoisotopic (exact) mass is 432 g/mol. The van der Waals surface area contributed by atoms with Crippen molar-refractivity contribution < 1.29 is 13.9 Å². The van der Waals surface area contributed by atoms with Gasteiger partial charge in [0.05, 0.1) is 24.0 Å². The molecule has 0 radical (unpaired) electrons. The summed E-state index contributed by atoms with van der Waals surface area (Å²) in [6.45, 7) is 3.91. The van der Waals surface area contributed by atoms with Crippen molar-refractivity contribution in [1.82, 2.24) is 20.1 Å². The molecule has 0 bridgehead atoms. The molecule has 32 heavy (non-hydrogen) atoms. The third-order valence-electron chi connectivity index (χ3n) is 7.37. The van der Waals surface area contributed by atoms with Gasteiger partial charge in [-0.25, -0.2) is 0 Å². The van der Waals surface area contributed by atoms with E-state index in [2.05, 4.69) is 16.5 Å². The highest BCUT2D eigenvalue weighted by molar-refractivity contribution is 5.95. The molecule has 1 aliphatic heterocycles. The zero-order valence-corrected chi connectivity index (χ0v) is 18.4. The SMILES string of the molecule is Cc1c(C(=O)NC[C@@H]2CCCO2)oc2c1-c1nn(Cc3ccccn3)cc1C1(CCC1)C2. The summed E-state index contributed by atoms with van der Waals surface area (Å²) in [4.78, 5) is 17.4. The Morgan fingerprint density at radius 2 is 2.22 bits per heavy atom. The third-order valence-corrected chi connectivity index (χ3v) is 7.37. The molecule has 1 amide bonds. The molecule has 2 fully saturated rings. The Kier molecular flexibility index (Phi) is 4.68. The van der Waals surface area contributed by atoms with Crippen molar-refractivity contribution in [3.63, 3.8) is 0 Å². The van der Waals surface area contributed by atoms with Gasteiger partial charge in [-0.15, -0.1) is 0 Å². The molecule has 0 aromatic carbocycles. The van der Waals surface area contributed by atoms with E-state index in [0.29, 0.717) is 18.8 Å². The minimum Gasteiger partial charge on any atom is -0.455 e. The molecule has 7 nitrogen and oxygen atoms in total. The van der Waals surface area contributed by atoms with Crippen LogP contribution in [0.15, 0.2) is 35.0 Å². The lowest BCUT2D eigenvalue weighted by molar-refractivity contribution is 0.0831. The molecule has 1 saturated heterocycles. The second-order valence-electron chi connectivity index (χ2n) is 9.42. The molecule has 3 aliphatic rings. The summed E-state index contributed by atoms with van der Waals surface area (Å²) in [5.74, 6) is 1.15. The summed E-state index contributed by atoms with van der Waals surface area (Å²) in [7, 11) is 0. The van der Waals surface area contributed by atoms with Gasteiger partial charge in [-0.2, -0.15) is 5.10 Å². The second kappa shape index (κ2) is 7.59. The number of rotatable bonds is 5. The van der Waals surface area contributed by atoms with Gasteiger partial charge in [0.25, 0.3) is 5.91 Å². The number of aromatic nitrogens is 3. The topological polar surface area (TPSA) is 82.2 Å². The Morgan fingerprint density at radius 1 is 1.31 bits per heavy atom. The van der Waals surface area contributed by atoms with Crippen LogP contribution in [-0.2, 0) is 23.1 Å². The molecule has 6 rings (SSSR count). The predicted octanol–water partition coefficient (Wildman–Crippen LogP) is 3.78. The molecule has 166 valence electrons. The summed E-state index contributed by atoms with van der Waals surface area (Å²) >= 11 is 0. The summed E-state index contributed by atoms with van der Waals surface area (Å²) in [6, 6.07) is 5.94. The van der Waals surface area contributed by atoms with Crippen molar-refractivity contribution in [2.45, 2.75) is 63.5 Å². The number of pyridine rings is 1. The van der Waals surface area contributed by atoms with E-state index in [1.165, 1.54) is 12.0 Å². The van der Waals surface area contributed by atoms with E-state index in [1.807, 2.05) is 36.0 Å². The van der Waals surface area contributed by atoms with Crippen molar-refractivity contribution in [3.8, 4) is 11.3 Å². The normalized spacial score (nSPS) is 20.6. The number of carbonyl (C=O) groups excluding carboxylic acids is 1. The van der Waals surface area contributed by atoms with E-state index >= 15 is 0 Å². The molecule has 1 spiro atoms. The molecule has 2 aliphatic carbocycles. The lowest BCUT2D eigenvalue weighted by atomic mass is 9.59. The van der Waals surface area contributed by atoms with E-state index < -0.39 is 0 Å². The number of carbonyl (C=O) groups is 1. The molecule has 1 atom stereocenters. The lowest BCUT2D eigenvalue weighted by Gasteiger charge is -2.43. The average molecular weight is 433 g/mol. The first-order valence-corrected chi connectivity index (χ1v) is 11.6. The van der Waals surface area contributed by atoms with Crippen LogP contribution in [0.1, 0.15) is 65.2 Å². The number of amides is 1. The van der Waals surface area contributed by atoms with E-state index in [1.54, 1.807) is 0 Å². The van der Waals surface area contributed by atoms with Crippen molar-refractivity contribution >= 4 is 5.91 Å². The second-order valence-corrected chi connectivity index (χ2v) is 9.42. The largest absolute Gasteiger partial charge is 0.455 e. The van der Waals surface area contributed by atoms with Crippen LogP contribution in [-0.4, -0.2) is 39.9 Å². The maximum Gasteiger partial charge on any atom is 0.287 e. The number of hydrogen-bond acceptors (Lipinski definition) is 5. The summed E-state index contributed by atoms with van der Waals surface area (Å²) in [6.07, 6.45) is 10.5. The molecule has 3 aromatic rings. The van der Waals surface area contributed by atoms with Gasteiger partial charge in [0.15, 0.2) is 5.76 Å². The Morgan fingerprint density at radius 3 is 2.94 bits per heavy atom. The molecular formula is C25H28N4O3. The highest BCUT2D eigenvalue weighted by atomic mass is 16.5. The highest BCUT2D eigenvalue weighted by Crippen LogP contribution is 2.54. The zero-order valence-electron chi connectivity index (χ0n) is 18.4. The van der Waals surface area contributed by atoms with E-state index in [-0.39, 0.29) is 17.4 Å². The van der Waals surface area contributed by atoms with Crippen LogP contribution >= 0.6 is 0 Å². The number of ether oxygens (including phenoxy) is 1. The van der Waals surface area contributed by atoms with Gasteiger partial charge in [-0.05, 0) is 44.7 Å². The van der Waals surface area contributed by atoms with Crippen molar-refractivity contribution in [2.75, 3.05) is 13.2 Å². The molecule has 3 aromatic heterocycles. The average Bonchev–Trinajstić information content (AvgIpc) is 3.50. The number of nitrogens with one attached hydrogen (secondary N) is 1. The summed E-state index contributed by atoms with van der Waals surface area (Å²) < 4.78 is 13.8. The standard InChI is InChI=1S/C25H28N4O3/c1-16-21-20(32-23(16)24(30)27-13-18-7-4-11-31-18)12-25(8-5-9-25)19-15-29(28-22(19)21)14-17-6-2-3-10-26-17/h2-3,6,10,15,18H,4-5,7-9,11-14H2,1H3,(H,27,30)/t18-/m0/s1. The lowest BCUT2D eigenvalue weighted by Crippen LogP contribution is -2.38. The minimum atomic E-state index is -0.162. The minimum absolute atomic E-state index is 0.0838. The summed E-state index contributed by atoms with van der Waals surface area (Å²) in [5, 5.41) is 7.98. The van der Waals surface area contributed by atoms with Crippen LogP contribution in [0.2, 0.25) is 0 Å². The summed E-state index contributed by atoms with van der Waals surface area (Å²) in [5.41, 5.74) is 5.21. The van der Waals surface area contributed by atoms with Crippen LogP contribution in [0.3, 0.4) is 0 Å². The first-order valence-electron chi connectivity index (χ1n) is 11.6. The predicted molar refractivity (Wildman–Crippen MR) is 119 cm³/mol. The first-order chi connectivity index (χ1) is 15.6. The van der Waals surface area contributed by atoms with Crippen LogP contribution in [0.4, 0.5) is 0 Å². The van der Waals surface area contributed by atoms with Crippen LogP contribution < -0.4 is 5.32 Å². The quantitative estimate of drug-likeness (QED) is 0.664. The van der Waals surface area contributed by atoms with Crippen molar-refractivity contribution in [3.05, 3.63) is 58.9 Å². The van der Waals surface area contributed by atoms with Gasteiger partial charge in [0.1, 0.15) is 5.76 Å². The maximum atomic E-state index is 12.9. The van der Waals surface area contributed by atoms with Gasteiger partial charge >= 0.3 is 0 Å². The first kappa shape index (κ1) is 19.7. The fourth-order valence-electron chi connectivity index (χ4n) is 5.50. The van der Waals surface area contributed by atoms with Gasteiger partial charge in [-0.3, -0.25) is 14.5 Å². The van der Waals surface area contributed by atoms with Gasteiger partial charge in [0.2, 0.25) is 0 Å². The molecule has 4 heterocycles. The number of hydrogen-bond donors (Lipinski definition) is 1. The number of fused-ring (bicyclic) bond motifs is 4. The molecule has 1 N–H and O–H groups in total. The van der Waals surface area contributed by atoms with Crippen LogP contribution in [0.5, 0.6) is 0 Å². The fraction of sp³-hybridized carbons (Fsp3) is 0.480. The molecule has 1 saturated carbocycles. The van der Waals surface area contributed by atoms with E-state index in [4.69, 9.17) is 14.3 Å². The number of furan rings is 1. The number of nitrogens with zero attached hydrogens (tertiary/aromatic N) is 3. The zero-order chi connectivity index (χ0) is 21.7. The smallest absolute Gasteiger partial charge is 0.287 e.